The average Bonchev–Trinajstić information content (AvgIpc) is 2.56. The molecule has 0 saturated carbocycles. The van der Waals surface area contributed by atoms with Gasteiger partial charge in [-0.25, -0.2) is 0 Å². The standard InChI is InChI=1S/C20H23ClN2O3/c1-13(2)26-19-11-6-5-9-17(19)22-20(25)12-23(15(4)24)18-10-7-8-16(21)14(18)3/h5-11,13H,12H2,1-4H3,(H,22,25). The van der Waals surface area contributed by atoms with Gasteiger partial charge in [-0.3, -0.25) is 9.59 Å². The molecule has 0 aliphatic carbocycles. The van der Waals surface area contributed by atoms with Gasteiger partial charge in [0.2, 0.25) is 11.8 Å². The third-order valence-electron chi connectivity index (χ3n) is 3.74. The Morgan fingerprint density at radius 1 is 1.15 bits per heavy atom. The number of nitrogens with one attached hydrogen (secondary N) is 1. The molecule has 0 aliphatic heterocycles. The number of halogens is 1. The summed E-state index contributed by atoms with van der Waals surface area (Å²) < 4.78 is 5.71. The second kappa shape index (κ2) is 8.72. The quantitative estimate of drug-likeness (QED) is 0.813. The molecule has 2 rings (SSSR count). The summed E-state index contributed by atoms with van der Waals surface area (Å²) >= 11 is 6.14. The number of ether oxygens (including phenoxy) is 1. The molecule has 0 saturated heterocycles. The van der Waals surface area contributed by atoms with Gasteiger partial charge in [0.1, 0.15) is 12.3 Å². The van der Waals surface area contributed by atoms with Crippen molar-refractivity contribution in [2.75, 3.05) is 16.8 Å². The van der Waals surface area contributed by atoms with Crippen molar-refractivity contribution >= 4 is 34.8 Å². The minimum Gasteiger partial charge on any atom is -0.489 e. The van der Waals surface area contributed by atoms with Gasteiger partial charge in [0.15, 0.2) is 0 Å². The fraction of sp³-hybridized carbons (Fsp3) is 0.300. The van der Waals surface area contributed by atoms with E-state index >= 15 is 0 Å². The zero-order valence-corrected chi connectivity index (χ0v) is 16.1. The Morgan fingerprint density at radius 3 is 2.50 bits per heavy atom. The molecule has 138 valence electrons. The van der Waals surface area contributed by atoms with Crippen molar-refractivity contribution in [1.82, 2.24) is 0 Å². The summed E-state index contributed by atoms with van der Waals surface area (Å²) in [6.07, 6.45) is -0.0177. The highest BCUT2D eigenvalue weighted by Crippen LogP contribution is 2.28. The van der Waals surface area contributed by atoms with Crippen molar-refractivity contribution in [2.24, 2.45) is 0 Å². The maximum absolute atomic E-state index is 12.5. The van der Waals surface area contributed by atoms with Crippen LogP contribution in [0, 0.1) is 6.92 Å². The van der Waals surface area contributed by atoms with Crippen LogP contribution in [0.5, 0.6) is 5.75 Å². The molecule has 6 heteroatoms. The van der Waals surface area contributed by atoms with Crippen molar-refractivity contribution in [1.29, 1.82) is 0 Å². The van der Waals surface area contributed by atoms with Crippen LogP contribution in [0.15, 0.2) is 42.5 Å². The van der Waals surface area contributed by atoms with E-state index in [1.807, 2.05) is 32.9 Å². The summed E-state index contributed by atoms with van der Waals surface area (Å²) in [6, 6.07) is 12.5. The third-order valence-corrected chi connectivity index (χ3v) is 4.15. The molecule has 0 radical (unpaired) electrons. The fourth-order valence-corrected chi connectivity index (χ4v) is 2.68. The van der Waals surface area contributed by atoms with E-state index in [4.69, 9.17) is 16.3 Å². The topological polar surface area (TPSA) is 58.6 Å². The second-order valence-electron chi connectivity index (χ2n) is 6.20. The lowest BCUT2D eigenvalue weighted by molar-refractivity contribution is -0.120. The largest absolute Gasteiger partial charge is 0.489 e. The summed E-state index contributed by atoms with van der Waals surface area (Å²) in [4.78, 5) is 26.0. The van der Waals surface area contributed by atoms with E-state index in [1.54, 1.807) is 30.3 Å². The first-order valence-corrected chi connectivity index (χ1v) is 8.76. The Morgan fingerprint density at radius 2 is 1.85 bits per heavy atom. The number of amides is 2. The normalized spacial score (nSPS) is 10.5. The lowest BCUT2D eigenvalue weighted by atomic mass is 10.1. The molecule has 5 nitrogen and oxygen atoms in total. The van der Waals surface area contributed by atoms with Gasteiger partial charge in [-0.15, -0.1) is 0 Å². The monoisotopic (exact) mass is 374 g/mol. The van der Waals surface area contributed by atoms with Gasteiger partial charge in [0.05, 0.1) is 11.8 Å². The number of carbonyl (C=O) groups is 2. The summed E-state index contributed by atoms with van der Waals surface area (Å²) in [5, 5.41) is 3.36. The van der Waals surface area contributed by atoms with Crippen LogP contribution < -0.4 is 15.0 Å². The van der Waals surface area contributed by atoms with Crippen LogP contribution in [0.4, 0.5) is 11.4 Å². The summed E-state index contributed by atoms with van der Waals surface area (Å²) in [5.74, 6) is 0.0285. The summed E-state index contributed by atoms with van der Waals surface area (Å²) in [5.41, 5.74) is 1.94. The molecule has 0 spiro atoms. The molecule has 0 aromatic heterocycles. The Bertz CT molecular complexity index is 805. The highest BCUT2D eigenvalue weighted by atomic mass is 35.5. The van der Waals surface area contributed by atoms with E-state index in [1.165, 1.54) is 11.8 Å². The van der Waals surface area contributed by atoms with Gasteiger partial charge in [-0.05, 0) is 50.6 Å². The zero-order chi connectivity index (χ0) is 19.3. The molecule has 0 unspecified atom stereocenters. The summed E-state index contributed by atoms with van der Waals surface area (Å²) in [6.45, 7) is 6.95. The molecule has 0 fully saturated rings. The first-order valence-electron chi connectivity index (χ1n) is 8.38. The van der Waals surface area contributed by atoms with Gasteiger partial charge in [0.25, 0.3) is 0 Å². The molecule has 0 heterocycles. The molecule has 2 aromatic carbocycles. The zero-order valence-electron chi connectivity index (χ0n) is 15.4. The Kier molecular flexibility index (Phi) is 6.64. The van der Waals surface area contributed by atoms with E-state index < -0.39 is 0 Å². The first kappa shape index (κ1) is 19.8. The first-order chi connectivity index (χ1) is 12.3. The van der Waals surface area contributed by atoms with Crippen molar-refractivity contribution in [2.45, 2.75) is 33.8 Å². The minimum absolute atomic E-state index is 0.0177. The fourth-order valence-electron chi connectivity index (χ4n) is 2.51. The SMILES string of the molecule is CC(=O)N(CC(=O)Nc1ccccc1OC(C)C)c1cccc(Cl)c1C. The predicted octanol–water partition coefficient (Wildman–Crippen LogP) is 4.43. The van der Waals surface area contributed by atoms with Crippen LogP contribution in [0.1, 0.15) is 26.3 Å². The second-order valence-corrected chi connectivity index (χ2v) is 6.61. The Labute approximate surface area is 158 Å². The molecule has 0 bridgehead atoms. The molecule has 26 heavy (non-hydrogen) atoms. The van der Waals surface area contributed by atoms with Crippen molar-refractivity contribution < 1.29 is 14.3 Å². The molecule has 0 atom stereocenters. The maximum atomic E-state index is 12.5. The van der Waals surface area contributed by atoms with E-state index in [2.05, 4.69) is 5.32 Å². The van der Waals surface area contributed by atoms with Crippen LogP contribution in [0.2, 0.25) is 5.02 Å². The lowest BCUT2D eigenvalue weighted by Crippen LogP contribution is -2.37. The van der Waals surface area contributed by atoms with Gasteiger partial charge in [-0.1, -0.05) is 29.8 Å². The van der Waals surface area contributed by atoms with Crippen LogP contribution in [-0.2, 0) is 9.59 Å². The number of anilines is 2. The number of carbonyl (C=O) groups excluding carboxylic acids is 2. The number of hydrogen-bond donors (Lipinski definition) is 1. The van der Waals surface area contributed by atoms with Gasteiger partial charge >= 0.3 is 0 Å². The Hall–Kier alpha value is -2.53. The smallest absolute Gasteiger partial charge is 0.244 e. The number of rotatable bonds is 6. The third kappa shape index (κ3) is 4.99. The number of nitrogens with zero attached hydrogens (tertiary/aromatic N) is 1. The van der Waals surface area contributed by atoms with Gasteiger partial charge in [-0.2, -0.15) is 0 Å². The molecule has 0 aliphatic rings. The van der Waals surface area contributed by atoms with Crippen molar-refractivity contribution in [3.05, 3.63) is 53.1 Å². The predicted molar refractivity (Wildman–Crippen MR) is 105 cm³/mol. The highest BCUT2D eigenvalue weighted by molar-refractivity contribution is 6.31. The van der Waals surface area contributed by atoms with Crippen molar-refractivity contribution in [3.63, 3.8) is 0 Å². The van der Waals surface area contributed by atoms with E-state index in [9.17, 15) is 9.59 Å². The molecule has 2 aromatic rings. The van der Waals surface area contributed by atoms with Crippen molar-refractivity contribution in [3.8, 4) is 5.75 Å². The van der Waals surface area contributed by atoms with Crippen LogP contribution in [0.25, 0.3) is 0 Å². The van der Waals surface area contributed by atoms with E-state index in [-0.39, 0.29) is 24.5 Å². The number of hydrogen-bond acceptors (Lipinski definition) is 3. The van der Waals surface area contributed by atoms with E-state index in [0.29, 0.717) is 22.1 Å². The van der Waals surface area contributed by atoms with Crippen LogP contribution in [-0.4, -0.2) is 24.5 Å². The van der Waals surface area contributed by atoms with Crippen LogP contribution >= 0.6 is 11.6 Å². The molecule has 1 N–H and O–H groups in total. The molecular weight excluding hydrogens is 352 g/mol. The Balaban J connectivity index is 2.19. The molecular formula is C20H23ClN2O3. The summed E-state index contributed by atoms with van der Waals surface area (Å²) in [7, 11) is 0. The minimum atomic E-state index is -0.320. The van der Waals surface area contributed by atoms with Gasteiger partial charge < -0.3 is 15.0 Å². The van der Waals surface area contributed by atoms with E-state index in [0.717, 1.165) is 5.56 Å². The molecule has 2 amide bonds. The average molecular weight is 375 g/mol. The van der Waals surface area contributed by atoms with Crippen LogP contribution in [0.3, 0.4) is 0 Å². The lowest BCUT2D eigenvalue weighted by Gasteiger charge is -2.23. The number of benzene rings is 2. The highest BCUT2D eigenvalue weighted by Gasteiger charge is 2.19. The number of para-hydroxylation sites is 2. The maximum Gasteiger partial charge on any atom is 0.244 e. The van der Waals surface area contributed by atoms with Gasteiger partial charge in [0, 0.05) is 17.6 Å².